The van der Waals surface area contributed by atoms with Crippen molar-refractivity contribution in [2.45, 2.75) is 12.8 Å². The van der Waals surface area contributed by atoms with Gasteiger partial charge >= 0.3 is 0 Å². The summed E-state index contributed by atoms with van der Waals surface area (Å²) in [4.78, 5) is 14.4. The lowest BCUT2D eigenvalue weighted by Gasteiger charge is -2.15. The highest BCUT2D eigenvalue weighted by Crippen LogP contribution is 2.16. The van der Waals surface area contributed by atoms with Gasteiger partial charge < -0.3 is 4.74 Å². The summed E-state index contributed by atoms with van der Waals surface area (Å²) in [7, 11) is 1.61. The summed E-state index contributed by atoms with van der Waals surface area (Å²) in [5, 5.41) is 0. The zero-order chi connectivity index (χ0) is 13.0. The Labute approximate surface area is 120 Å². The number of hydrogen-bond donors (Lipinski definition) is 0. The topological polar surface area (TPSA) is 29.5 Å². The minimum Gasteiger partial charge on any atom is -0.497 e. The van der Waals surface area contributed by atoms with Crippen LogP contribution in [0.25, 0.3) is 0 Å². The lowest BCUT2D eigenvalue weighted by atomic mass is 10.0. The van der Waals surface area contributed by atoms with Crippen LogP contribution in [0.15, 0.2) is 36.4 Å². The summed E-state index contributed by atoms with van der Waals surface area (Å²) in [6.45, 7) is 6.76. The number of ketones is 1. The van der Waals surface area contributed by atoms with Crippen LogP contribution in [0.1, 0.15) is 23.2 Å². The normalized spacial score (nSPS) is 14.8. The van der Waals surface area contributed by atoms with Crippen molar-refractivity contribution in [1.29, 1.82) is 0 Å². The summed E-state index contributed by atoms with van der Waals surface area (Å²) in [5.41, 5.74) is 1.35. The molecular formula is C15H20ClNO2. The number of carbonyl (C=O) groups is 1. The molecule has 0 N–H and O–H groups in total. The van der Waals surface area contributed by atoms with Gasteiger partial charge in [-0.2, -0.15) is 0 Å². The number of carbonyl (C=O) groups excluding carboxylic acids is 1. The first-order chi connectivity index (χ1) is 8.70. The summed E-state index contributed by atoms with van der Waals surface area (Å²) < 4.78 is 5.08. The fourth-order valence-electron chi connectivity index (χ4n) is 2.23. The van der Waals surface area contributed by atoms with Crippen molar-refractivity contribution in [3.8, 4) is 5.75 Å². The van der Waals surface area contributed by atoms with Crippen LogP contribution in [-0.2, 0) is 0 Å². The Hall–Kier alpha value is -1.32. The largest absolute Gasteiger partial charge is 0.497 e. The van der Waals surface area contributed by atoms with Crippen LogP contribution < -0.4 is 4.74 Å². The third-order valence-corrected chi connectivity index (χ3v) is 3.29. The molecule has 1 aliphatic rings. The molecule has 3 nitrogen and oxygen atoms in total. The second kappa shape index (κ2) is 7.31. The number of Topliss-reactive ketones (excluding diaryl/α,β-unsaturated/α-hetero) is 1. The van der Waals surface area contributed by atoms with E-state index in [4.69, 9.17) is 4.74 Å². The van der Waals surface area contributed by atoms with Crippen LogP contribution in [0.2, 0.25) is 0 Å². The predicted molar refractivity (Wildman–Crippen MR) is 79.4 cm³/mol. The number of nitrogens with zero attached hydrogens (tertiary/aromatic N) is 1. The fourth-order valence-corrected chi connectivity index (χ4v) is 2.23. The average molecular weight is 282 g/mol. The molecular weight excluding hydrogens is 262 g/mol. The van der Waals surface area contributed by atoms with Crippen molar-refractivity contribution in [3.05, 3.63) is 42.0 Å². The number of benzene rings is 1. The molecule has 0 atom stereocenters. The van der Waals surface area contributed by atoms with Crippen LogP contribution in [0.5, 0.6) is 5.75 Å². The van der Waals surface area contributed by atoms with Gasteiger partial charge in [-0.1, -0.05) is 6.58 Å². The van der Waals surface area contributed by atoms with Crippen LogP contribution >= 0.6 is 12.4 Å². The molecule has 1 fully saturated rings. The highest BCUT2D eigenvalue weighted by Gasteiger charge is 2.16. The first kappa shape index (κ1) is 15.7. The second-order valence-electron chi connectivity index (χ2n) is 4.64. The van der Waals surface area contributed by atoms with Crippen molar-refractivity contribution in [2.24, 2.45) is 0 Å². The van der Waals surface area contributed by atoms with E-state index in [1.165, 1.54) is 12.8 Å². The summed E-state index contributed by atoms with van der Waals surface area (Å²) in [5.74, 6) is 0.793. The fraction of sp³-hybridized carbons (Fsp3) is 0.400. The van der Waals surface area contributed by atoms with Crippen molar-refractivity contribution in [2.75, 3.05) is 26.7 Å². The lowest BCUT2D eigenvalue weighted by molar-refractivity contribution is 0.102. The van der Waals surface area contributed by atoms with Gasteiger partial charge in [-0.15, -0.1) is 12.4 Å². The second-order valence-corrected chi connectivity index (χ2v) is 4.64. The first-order valence-electron chi connectivity index (χ1n) is 6.29. The molecule has 0 spiro atoms. The highest BCUT2D eigenvalue weighted by atomic mass is 35.5. The standard InChI is InChI=1S/C15H19NO2.ClH/c1-12(11-16-9-3-4-10-16)15(17)13-5-7-14(18-2)8-6-13;/h5-8H,1,3-4,9-11H2,2H3;1H. The van der Waals surface area contributed by atoms with Gasteiger partial charge in [0.1, 0.15) is 5.75 Å². The number of ether oxygens (including phenoxy) is 1. The summed E-state index contributed by atoms with van der Waals surface area (Å²) in [6.07, 6.45) is 2.45. The molecule has 19 heavy (non-hydrogen) atoms. The minimum atomic E-state index is 0. The van der Waals surface area contributed by atoms with Crippen molar-refractivity contribution < 1.29 is 9.53 Å². The zero-order valence-corrected chi connectivity index (χ0v) is 12.0. The molecule has 1 aliphatic heterocycles. The third-order valence-electron chi connectivity index (χ3n) is 3.29. The maximum atomic E-state index is 12.2. The number of hydrogen-bond acceptors (Lipinski definition) is 3. The molecule has 0 saturated carbocycles. The molecule has 0 aromatic heterocycles. The zero-order valence-electron chi connectivity index (χ0n) is 11.2. The van der Waals surface area contributed by atoms with Crippen molar-refractivity contribution >= 4 is 18.2 Å². The van der Waals surface area contributed by atoms with Gasteiger partial charge in [0.05, 0.1) is 7.11 Å². The van der Waals surface area contributed by atoms with Crippen LogP contribution in [0, 0.1) is 0 Å². The Morgan fingerprint density at radius 1 is 1.26 bits per heavy atom. The molecule has 1 heterocycles. The average Bonchev–Trinajstić information content (AvgIpc) is 2.91. The molecule has 0 aliphatic carbocycles. The van der Waals surface area contributed by atoms with Crippen LogP contribution in [-0.4, -0.2) is 37.4 Å². The minimum absolute atomic E-state index is 0. The number of halogens is 1. The summed E-state index contributed by atoms with van der Waals surface area (Å²) in [6, 6.07) is 7.18. The van der Waals surface area contributed by atoms with Crippen LogP contribution in [0.4, 0.5) is 0 Å². The Bertz CT molecular complexity index is 436. The van der Waals surface area contributed by atoms with E-state index in [0.717, 1.165) is 18.8 Å². The van der Waals surface area contributed by atoms with E-state index in [-0.39, 0.29) is 18.2 Å². The van der Waals surface area contributed by atoms with E-state index in [1.807, 2.05) is 0 Å². The molecule has 0 radical (unpaired) electrons. The molecule has 0 bridgehead atoms. The van der Waals surface area contributed by atoms with Gasteiger partial charge in [0.25, 0.3) is 0 Å². The van der Waals surface area contributed by atoms with Gasteiger partial charge in [0, 0.05) is 17.7 Å². The molecule has 2 rings (SSSR count). The van der Waals surface area contributed by atoms with E-state index < -0.39 is 0 Å². The Morgan fingerprint density at radius 3 is 2.37 bits per heavy atom. The van der Waals surface area contributed by atoms with Gasteiger partial charge in [0.2, 0.25) is 0 Å². The van der Waals surface area contributed by atoms with Gasteiger partial charge in [-0.25, -0.2) is 0 Å². The van der Waals surface area contributed by atoms with Crippen molar-refractivity contribution in [3.63, 3.8) is 0 Å². The molecule has 1 aromatic rings. The molecule has 0 amide bonds. The van der Waals surface area contributed by atoms with Crippen LogP contribution in [0.3, 0.4) is 0 Å². The van der Waals surface area contributed by atoms with E-state index in [1.54, 1.807) is 31.4 Å². The quantitative estimate of drug-likeness (QED) is 0.614. The van der Waals surface area contributed by atoms with E-state index >= 15 is 0 Å². The highest BCUT2D eigenvalue weighted by molar-refractivity contribution is 6.08. The Balaban J connectivity index is 0.00000180. The predicted octanol–water partition coefficient (Wildman–Crippen LogP) is 2.95. The number of likely N-dealkylation sites (tertiary alicyclic amines) is 1. The Kier molecular flexibility index (Phi) is 6.06. The van der Waals surface area contributed by atoms with Gasteiger partial charge in [-0.3, -0.25) is 9.69 Å². The molecule has 1 aromatic carbocycles. The van der Waals surface area contributed by atoms with E-state index in [2.05, 4.69) is 11.5 Å². The lowest BCUT2D eigenvalue weighted by Crippen LogP contribution is -2.24. The molecule has 4 heteroatoms. The van der Waals surface area contributed by atoms with E-state index in [0.29, 0.717) is 17.7 Å². The summed E-state index contributed by atoms with van der Waals surface area (Å²) >= 11 is 0. The van der Waals surface area contributed by atoms with Gasteiger partial charge in [-0.05, 0) is 50.2 Å². The third kappa shape index (κ3) is 4.08. The van der Waals surface area contributed by atoms with Gasteiger partial charge in [0.15, 0.2) is 5.78 Å². The van der Waals surface area contributed by atoms with Crippen molar-refractivity contribution in [1.82, 2.24) is 4.90 Å². The number of methoxy groups -OCH3 is 1. The first-order valence-corrected chi connectivity index (χ1v) is 6.29. The maximum absolute atomic E-state index is 12.2. The smallest absolute Gasteiger partial charge is 0.189 e. The molecule has 104 valence electrons. The Morgan fingerprint density at radius 2 is 1.84 bits per heavy atom. The SMILES string of the molecule is C=C(CN1CCCC1)C(=O)c1ccc(OC)cc1.Cl. The molecule has 1 saturated heterocycles. The van der Waals surface area contributed by atoms with E-state index in [9.17, 15) is 4.79 Å². The number of rotatable bonds is 5. The maximum Gasteiger partial charge on any atom is 0.189 e. The molecule has 0 unspecified atom stereocenters. The monoisotopic (exact) mass is 281 g/mol.